The fraction of sp³-hybridized carbons (Fsp3) is 0.286. The van der Waals surface area contributed by atoms with Gasteiger partial charge in [0.25, 0.3) is 0 Å². The van der Waals surface area contributed by atoms with Crippen molar-refractivity contribution in [2.75, 3.05) is 11.9 Å². The van der Waals surface area contributed by atoms with Crippen molar-refractivity contribution in [1.82, 2.24) is 0 Å². The Bertz CT molecular complexity index is 495. The summed E-state index contributed by atoms with van der Waals surface area (Å²) < 4.78 is 6.24. The zero-order chi connectivity index (χ0) is 13.0. The topological polar surface area (TPSA) is 21.3 Å². The maximum Gasteiger partial charge on any atom is 0.119 e. The number of anilines is 1. The Morgan fingerprint density at radius 2 is 1.94 bits per heavy atom. The van der Waals surface area contributed by atoms with Gasteiger partial charge in [-0.15, -0.1) is 11.3 Å². The lowest BCUT2D eigenvalue weighted by atomic mass is 10.2. The highest BCUT2D eigenvalue weighted by Gasteiger charge is 2.07. The number of thiophene rings is 1. The van der Waals surface area contributed by atoms with Crippen molar-refractivity contribution in [3.8, 4) is 5.75 Å². The molecule has 1 heterocycles. The summed E-state index contributed by atoms with van der Waals surface area (Å²) in [7, 11) is 0. The third-order valence-corrected chi connectivity index (χ3v) is 3.98. The predicted octanol–water partition coefficient (Wildman–Crippen LogP) is 4.97. The largest absolute Gasteiger partial charge is 0.494 e. The van der Waals surface area contributed by atoms with Crippen molar-refractivity contribution < 1.29 is 4.74 Å². The van der Waals surface area contributed by atoms with Gasteiger partial charge in [0.05, 0.1) is 17.0 Å². The molecule has 0 spiro atoms. The molecular weight excluding hydrogens is 266 g/mol. The molecule has 0 aliphatic rings. The molecule has 1 N–H and O–H groups in total. The molecule has 0 aliphatic heterocycles. The van der Waals surface area contributed by atoms with Gasteiger partial charge in [0, 0.05) is 10.6 Å². The lowest BCUT2D eigenvalue weighted by molar-refractivity contribution is 0.340. The second kappa shape index (κ2) is 6.12. The van der Waals surface area contributed by atoms with Gasteiger partial charge in [-0.3, -0.25) is 0 Å². The van der Waals surface area contributed by atoms with E-state index in [1.807, 2.05) is 37.3 Å². The van der Waals surface area contributed by atoms with E-state index in [-0.39, 0.29) is 6.04 Å². The number of rotatable bonds is 5. The molecule has 0 radical (unpaired) electrons. The number of nitrogens with one attached hydrogen (secondary N) is 1. The smallest absolute Gasteiger partial charge is 0.119 e. The fourth-order valence-corrected chi connectivity index (χ4v) is 2.76. The Labute approximate surface area is 117 Å². The fourth-order valence-electron chi connectivity index (χ4n) is 1.70. The standard InChI is InChI=1S/C14H16ClNOS/c1-3-17-12-6-4-11(5-7-12)16-10(2)13-8-9-14(15)18-13/h4-10,16H,3H2,1-2H3. The highest BCUT2D eigenvalue weighted by molar-refractivity contribution is 7.16. The summed E-state index contributed by atoms with van der Waals surface area (Å²) in [5, 5.41) is 3.44. The first-order valence-electron chi connectivity index (χ1n) is 5.93. The summed E-state index contributed by atoms with van der Waals surface area (Å²) in [5.74, 6) is 0.898. The second-order valence-corrected chi connectivity index (χ2v) is 5.71. The van der Waals surface area contributed by atoms with Gasteiger partial charge in [-0.05, 0) is 50.2 Å². The average molecular weight is 282 g/mol. The molecule has 0 fully saturated rings. The monoisotopic (exact) mass is 281 g/mol. The van der Waals surface area contributed by atoms with E-state index in [0.717, 1.165) is 15.8 Å². The van der Waals surface area contributed by atoms with E-state index >= 15 is 0 Å². The van der Waals surface area contributed by atoms with Crippen LogP contribution in [0.25, 0.3) is 0 Å². The highest BCUT2D eigenvalue weighted by Crippen LogP contribution is 2.29. The summed E-state index contributed by atoms with van der Waals surface area (Å²) >= 11 is 7.54. The zero-order valence-electron chi connectivity index (χ0n) is 10.4. The van der Waals surface area contributed by atoms with E-state index < -0.39 is 0 Å². The summed E-state index contributed by atoms with van der Waals surface area (Å²) in [5.41, 5.74) is 1.08. The summed E-state index contributed by atoms with van der Waals surface area (Å²) in [6.07, 6.45) is 0. The molecule has 1 aromatic carbocycles. The maximum atomic E-state index is 5.94. The van der Waals surface area contributed by atoms with Crippen LogP contribution in [0.5, 0.6) is 5.75 Å². The van der Waals surface area contributed by atoms with Gasteiger partial charge < -0.3 is 10.1 Å². The number of halogens is 1. The number of hydrogen-bond donors (Lipinski definition) is 1. The van der Waals surface area contributed by atoms with Crippen LogP contribution >= 0.6 is 22.9 Å². The molecule has 0 saturated carbocycles. The molecule has 0 saturated heterocycles. The minimum atomic E-state index is 0.250. The predicted molar refractivity (Wildman–Crippen MR) is 79.0 cm³/mol. The minimum absolute atomic E-state index is 0.250. The Morgan fingerprint density at radius 1 is 1.22 bits per heavy atom. The molecule has 2 nitrogen and oxygen atoms in total. The Hall–Kier alpha value is -1.19. The van der Waals surface area contributed by atoms with Crippen molar-refractivity contribution in [3.05, 3.63) is 45.6 Å². The SMILES string of the molecule is CCOc1ccc(NC(C)c2ccc(Cl)s2)cc1. The quantitative estimate of drug-likeness (QED) is 0.835. The van der Waals surface area contributed by atoms with Crippen molar-refractivity contribution in [3.63, 3.8) is 0 Å². The van der Waals surface area contributed by atoms with Gasteiger partial charge in [0.2, 0.25) is 0 Å². The first-order valence-corrected chi connectivity index (χ1v) is 7.13. The van der Waals surface area contributed by atoms with Crippen molar-refractivity contribution in [2.24, 2.45) is 0 Å². The van der Waals surface area contributed by atoms with E-state index in [9.17, 15) is 0 Å². The third-order valence-electron chi connectivity index (χ3n) is 2.57. The van der Waals surface area contributed by atoms with Gasteiger partial charge in [0.1, 0.15) is 5.75 Å². The molecule has 4 heteroatoms. The molecule has 0 aliphatic carbocycles. The number of ether oxygens (including phenoxy) is 1. The molecule has 1 atom stereocenters. The van der Waals surface area contributed by atoms with Gasteiger partial charge in [-0.1, -0.05) is 11.6 Å². The lowest BCUT2D eigenvalue weighted by Crippen LogP contribution is -2.04. The number of benzene rings is 1. The molecule has 0 amide bonds. The van der Waals surface area contributed by atoms with Crippen molar-refractivity contribution in [1.29, 1.82) is 0 Å². The van der Waals surface area contributed by atoms with Gasteiger partial charge >= 0.3 is 0 Å². The van der Waals surface area contributed by atoms with Crippen LogP contribution in [0.4, 0.5) is 5.69 Å². The van der Waals surface area contributed by atoms with E-state index in [1.165, 1.54) is 4.88 Å². The van der Waals surface area contributed by atoms with Crippen LogP contribution in [0.3, 0.4) is 0 Å². The van der Waals surface area contributed by atoms with Crippen molar-refractivity contribution in [2.45, 2.75) is 19.9 Å². The molecule has 96 valence electrons. The number of hydrogen-bond acceptors (Lipinski definition) is 3. The van der Waals surface area contributed by atoms with E-state index in [0.29, 0.717) is 6.61 Å². The first kappa shape index (κ1) is 13.2. The molecule has 1 aromatic heterocycles. The molecule has 2 rings (SSSR count). The van der Waals surface area contributed by atoms with Crippen LogP contribution in [0, 0.1) is 0 Å². The minimum Gasteiger partial charge on any atom is -0.494 e. The van der Waals surface area contributed by atoms with Crippen LogP contribution < -0.4 is 10.1 Å². The Kier molecular flexibility index (Phi) is 4.50. The molecule has 2 aromatic rings. The Balaban J connectivity index is 2.00. The first-order chi connectivity index (χ1) is 8.69. The average Bonchev–Trinajstić information content (AvgIpc) is 2.79. The molecular formula is C14H16ClNOS. The molecule has 0 bridgehead atoms. The summed E-state index contributed by atoms with van der Waals surface area (Å²) in [4.78, 5) is 1.23. The van der Waals surface area contributed by atoms with Crippen LogP contribution in [-0.2, 0) is 0 Å². The van der Waals surface area contributed by atoms with Gasteiger partial charge in [0.15, 0.2) is 0 Å². The molecule has 18 heavy (non-hydrogen) atoms. The van der Waals surface area contributed by atoms with Crippen molar-refractivity contribution >= 4 is 28.6 Å². The zero-order valence-corrected chi connectivity index (χ0v) is 12.0. The summed E-state index contributed by atoms with van der Waals surface area (Å²) in [6.45, 7) is 4.80. The van der Waals surface area contributed by atoms with Gasteiger partial charge in [-0.2, -0.15) is 0 Å². The van der Waals surface area contributed by atoms with Crippen LogP contribution in [0.15, 0.2) is 36.4 Å². The van der Waals surface area contributed by atoms with E-state index in [2.05, 4.69) is 18.3 Å². The third kappa shape index (κ3) is 3.40. The van der Waals surface area contributed by atoms with E-state index in [4.69, 9.17) is 16.3 Å². The van der Waals surface area contributed by atoms with E-state index in [1.54, 1.807) is 11.3 Å². The van der Waals surface area contributed by atoms with Crippen LogP contribution in [0.2, 0.25) is 4.34 Å². The maximum absolute atomic E-state index is 5.94. The highest BCUT2D eigenvalue weighted by atomic mass is 35.5. The summed E-state index contributed by atoms with van der Waals surface area (Å²) in [6, 6.07) is 12.2. The second-order valence-electron chi connectivity index (χ2n) is 3.97. The molecule has 1 unspecified atom stereocenters. The van der Waals surface area contributed by atoms with Crippen LogP contribution in [-0.4, -0.2) is 6.61 Å². The van der Waals surface area contributed by atoms with Crippen LogP contribution in [0.1, 0.15) is 24.8 Å². The lowest BCUT2D eigenvalue weighted by Gasteiger charge is -2.14. The van der Waals surface area contributed by atoms with Gasteiger partial charge in [-0.25, -0.2) is 0 Å². The normalized spacial score (nSPS) is 12.2. The Morgan fingerprint density at radius 3 is 2.50 bits per heavy atom.